The Labute approximate surface area is 173 Å². The van der Waals surface area contributed by atoms with E-state index in [2.05, 4.69) is 21.9 Å². The number of furan rings is 1. The molecule has 0 amide bonds. The van der Waals surface area contributed by atoms with Gasteiger partial charge in [0.1, 0.15) is 12.3 Å². The zero-order valence-electron chi connectivity index (χ0n) is 16.9. The van der Waals surface area contributed by atoms with Crippen LogP contribution in [0.4, 0.5) is 0 Å². The minimum Gasteiger partial charge on any atom is -0.434 e. The van der Waals surface area contributed by atoms with Gasteiger partial charge in [-0.3, -0.25) is 4.57 Å². The Balaban J connectivity index is 1.53. The van der Waals surface area contributed by atoms with Crippen LogP contribution in [0.5, 0.6) is 0 Å². The Morgan fingerprint density at radius 3 is 2.73 bits per heavy atom. The molecule has 4 rings (SSSR count). The van der Waals surface area contributed by atoms with E-state index in [1.807, 2.05) is 0 Å². The average molecular weight is 414 g/mol. The maximum absolute atomic E-state index is 12.4. The molecule has 160 valence electrons. The molecular weight excluding hydrogens is 388 g/mol. The molecule has 0 saturated carbocycles. The lowest BCUT2D eigenvalue weighted by atomic mass is 10.1. The molecule has 3 aromatic heterocycles. The molecule has 1 fully saturated rings. The van der Waals surface area contributed by atoms with Crippen LogP contribution in [-0.2, 0) is 11.2 Å². The average Bonchev–Trinajstić information content (AvgIpc) is 3.33. The minimum atomic E-state index is -0.837. The van der Waals surface area contributed by atoms with Crippen LogP contribution in [0.2, 0.25) is 0 Å². The van der Waals surface area contributed by atoms with E-state index in [0.29, 0.717) is 17.0 Å². The van der Waals surface area contributed by atoms with Crippen LogP contribution in [-0.4, -0.2) is 48.5 Å². The fourth-order valence-corrected chi connectivity index (χ4v) is 3.66. The Morgan fingerprint density at radius 1 is 1.23 bits per heavy atom. The number of hydrogen-bond acceptors (Lipinski definition) is 8. The van der Waals surface area contributed by atoms with Crippen molar-refractivity contribution < 1.29 is 19.4 Å². The third-order valence-electron chi connectivity index (χ3n) is 5.38. The number of hydrogen-bond donors (Lipinski definition) is 2. The van der Waals surface area contributed by atoms with Gasteiger partial charge in [-0.1, -0.05) is 26.2 Å². The number of nitrogens with zero attached hydrogens (tertiary/aromatic N) is 4. The number of aliphatic hydroxyl groups excluding tert-OH is 2. The molecule has 0 spiro atoms. The van der Waals surface area contributed by atoms with Crippen LogP contribution in [0, 0.1) is 0 Å². The first-order chi connectivity index (χ1) is 14.6. The van der Waals surface area contributed by atoms with Crippen molar-refractivity contribution in [3.63, 3.8) is 0 Å². The zero-order chi connectivity index (χ0) is 21.1. The van der Waals surface area contributed by atoms with Crippen molar-refractivity contribution in [3.8, 4) is 11.6 Å². The quantitative estimate of drug-likeness (QED) is 0.538. The van der Waals surface area contributed by atoms with Gasteiger partial charge in [0, 0.05) is 25.0 Å². The molecule has 9 heteroatoms. The molecule has 0 bridgehead atoms. The van der Waals surface area contributed by atoms with Crippen molar-refractivity contribution in [2.24, 2.45) is 0 Å². The van der Waals surface area contributed by atoms with E-state index in [-0.39, 0.29) is 18.7 Å². The van der Waals surface area contributed by atoms with E-state index in [0.717, 1.165) is 18.4 Å². The molecule has 30 heavy (non-hydrogen) atoms. The summed E-state index contributed by atoms with van der Waals surface area (Å²) < 4.78 is 12.6. The number of aryl methyl sites for hydroxylation is 1. The smallest absolute Gasteiger partial charge is 0.353 e. The maximum Gasteiger partial charge on any atom is 0.353 e. The first-order valence-corrected chi connectivity index (χ1v) is 10.4. The van der Waals surface area contributed by atoms with E-state index in [4.69, 9.17) is 9.15 Å². The van der Waals surface area contributed by atoms with Gasteiger partial charge in [0.25, 0.3) is 0 Å². The predicted octanol–water partition coefficient (Wildman–Crippen LogP) is 2.21. The van der Waals surface area contributed by atoms with E-state index in [9.17, 15) is 15.0 Å². The second-order valence-corrected chi connectivity index (χ2v) is 7.64. The van der Waals surface area contributed by atoms with E-state index < -0.39 is 24.1 Å². The second kappa shape index (κ2) is 9.03. The molecule has 0 aromatic carbocycles. The monoisotopic (exact) mass is 414 g/mol. The van der Waals surface area contributed by atoms with Crippen molar-refractivity contribution in [3.05, 3.63) is 40.7 Å². The molecule has 0 unspecified atom stereocenters. The molecule has 0 aliphatic carbocycles. The third kappa shape index (κ3) is 4.28. The third-order valence-corrected chi connectivity index (χ3v) is 5.38. The van der Waals surface area contributed by atoms with Gasteiger partial charge in [-0.25, -0.2) is 14.8 Å². The summed E-state index contributed by atoms with van der Waals surface area (Å²) in [5, 5.41) is 19.8. The summed E-state index contributed by atoms with van der Waals surface area (Å²) in [6, 6.07) is 1.73. The van der Waals surface area contributed by atoms with E-state index in [1.54, 1.807) is 24.7 Å². The summed E-state index contributed by atoms with van der Waals surface area (Å²) in [7, 11) is 0. The highest BCUT2D eigenvalue weighted by molar-refractivity contribution is 5.77. The molecule has 3 aromatic rings. The summed E-state index contributed by atoms with van der Waals surface area (Å²) in [5.74, 6) is 0.852. The van der Waals surface area contributed by atoms with E-state index >= 15 is 0 Å². The van der Waals surface area contributed by atoms with Gasteiger partial charge in [0.15, 0.2) is 11.6 Å². The van der Waals surface area contributed by atoms with Crippen molar-refractivity contribution in [1.82, 2.24) is 19.5 Å². The first-order valence-electron chi connectivity index (χ1n) is 10.4. The number of aromatic nitrogens is 4. The van der Waals surface area contributed by atoms with Gasteiger partial charge in [-0.15, -0.1) is 0 Å². The number of rotatable bonds is 8. The van der Waals surface area contributed by atoms with Gasteiger partial charge < -0.3 is 19.4 Å². The summed E-state index contributed by atoms with van der Waals surface area (Å²) >= 11 is 0. The molecule has 1 aliphatic heterocycles. The number of fused-ring (bicyclic) bond motifs is 1. The Hall–Kier alpha value is -2.62. The van der Waals surface area contributed by atoms with Crippen LogP contribution in [0.25, 0.3) is 22.7 Å². The summed E-state index contributed by atoms with van der Waals surface area (Å²) in [6.45, 7) is 1.87. The van der Waals surface area contributed by atoms with Crippen LogP contribution in [0.15, 0.2) is 33.9 Å². The van der Waals surface area contributed by atoms with Crippen LogP contribution in [0.1, 0.15) is 50.8 Å². The van der Waals surface area contributed by atoms with Crippen molar-refractivity contribution >= 4 is 11.1 Å². The fraction of sp³-hybridized carbons (Fsp3) is 0.524. The molecule has 3 atom stereocenters. The van der Waals surface area contributed by atoms with Gasteiger partial charge >= 0.3 is 5.69 Å². The minimum absolute atomic E-state index is 0.191. The summed E-state index contributed by atoms with van der Waals surface area (Å²) in [5.41, 5.74) is 0.720. The normalized spacial score (nSPS) is 21.5. The molecule has 4 heterocycles. The highest BCUT2D eigenvalue weighted by Crippen LogP contribution is 2.29. The lowest BCUT2D eigenvalue weighted by Crippen LogP contribution is -2.27. The standard InChI is InChI=1S/C21H26N4O5/c1-2-3-4-5-6-13-9-22-19(23-10-13)16-7-14-11-25(21(28)24-20(14)30-16)18-8-15(27)17(12-26)29-18/h7,9-11,15,17-18,26-27H,2-6,8,12H2,1H3/t15-,17+,18+/m0/s1. The predicted molar refractivity (Wildman–Crippen MR) is 109 cm³/mol. The van der Waals surface area contributed by atoms with Gasteiger partial charge in [0.05, 0.1) is 18.1 Å². The van der Waals surface area contributed by atoms with Crippen LogP contribution in [0.3, 0.4) is 0 Å². The fourth-order valence-electron chi connectivity index (χ4n) is 3.66. The Bertz CT molecular complexity index is 1050. The van der Waals surface area contributed by atoms with Crippen LogP contribution < -0.4 is 5.69 Å². The molecular formula is C21H26N4O5. The first kappa shape index (κ1) is 20.6. The van der Waals surface area contributed by atoms with E-state index in [1.165, 1.54) is 23.8 Å². The SMILES string of the molecule is CCCCCCc1cnc(-c2cc3cn([C@H]4C[C@H](O)[C@@H](CO)O4)c(=O)nc3o2)nc1. The molecule has 2 N–H and O–H groups in total. The summed E-state index contributed by atoms with van der Waals surface area (Å²) in [4.78, 5) is 25.2. The lowest BCUT2D eigenvalue weighted by Gasteiger charge is -2.13. The lowest BCUT2D eigenvalue weighted by molar-refractivity contribution is -0.0457. The highest BCUT2D eigenvalue weighted by atomic mass is 16.5. The van der Waals surface area contributed by atoms with Gasteiger partial charge in [-0.05, 0) is 24.5 Å². The van der Waals surface area contributed by atoms with Gasteiger partial charge in [-0.2, -0.15) is 4.98 Å². The molecule has 9 nitrogen and oxygen atoms in total. The second-order valence-electron chi connectivity index (χ2n) is 7.64. The largest absolute Gasteiger partial charge is 0.434 e. The number of unbranched alkanes of at least 4 members (excludes halogenated alkanes) is 3. The Kier molecular flexibility index (Phi) is 6.21. The highest BCUT2D eigenvalue weighted by Gasteiger charge is 2.35. The Morgan fingerprint density at radius 2 is 2.03 bits per heavy atom. The zero-order valence-corrected chi connectivity index (χ0v) is 16.9. The molecule has 1 aliphatic rings. The topological polar surface area (TPSA) is 124 Å². The maximum atomic E-state index is 12.4. The molecule has 1 saturated heterocycles. The number of aliphatic hydroxyl groups is 2. The van der Waals surface area contributed by atoms with Crippen molar-refractivity contribution in [2.45, 2.75) is 63.9 Å². The summed E-state index contributed by atoms with van der Waals surface area (Å²) in [6.07, 6.45) is 8.85. The molecule has 0 radical (unpaired) electrons. The van der Waals surface area contributed by atoms with Crippen molar-refractivity contribution in [2.75, 3.05) is 6.61 Å². The van der Waals surface area contributed by atoms with Crippen LogP contribution >= 0.6 is 0 Å². The van der Waals surface area contributed by atoms with Crippen molar-refractivity contribution in [1.29, 1.82) is 0 Å². The number of ether oxygens (including phenoxy) is 1. The van der Waals surface area contributed by atoms with Gasteiger partial charge in [0.2, 0.25) is 5.71 Å².